The Labute approximate surface area is 371 Å². The highest BCUT2D eigenvalue weighted by Gasteiger charge is 2.24. The third kappa shape index (κ3) is 46.0. The van der Waals surface area contributed by atoms with Crippen LogP contribution in [0.3, 0.4) is 0 Å². The van der Waals surface area contributed by atoms with Crippen molar-refractivity contribution < 1.29 is 37.6 Å². The van der Waals surface area contributed by atoms with E-state index in [0.717, 1.165) is 52.1 Å². The highest BCUT2D eigenvalue weighted by Crippen LogP contribution is 2.42. The number of ether oxygens (including phenoxy) is 2. The molecule has 354 valence electrons. The Morgan fingerprint density at radius 3 is 1.20 bits per heavy atom. The second kappa shape index (κ2) is 47.0. The first-order valence-electron chi connectivity index (χ1n) is 25.5. The Morgan fingerprint density at radius 2 is 0.800 bits per heavy atom. The van der Waals surface area contributed by atoms with Crippen LogP contribution < -0.4 is 0 Å². The Morgan fingerprint density at radius 1 is 0.467 bits per heavy atom. The molecular weight excluding hydrogens is 772 g/mol. The normalized spacial score (nSPS) is 13.3. The number of rotatable bonds is 48. The molecule has 0 bridgehead atoms. The first-order valence-corrected chi connectivity index (χ1v) is 27.0. The maximum Gasteiger partial charge on any atom is 0.472 e. The number of carbonyl (C=O) groups excluding carboxylic acids is 2. The van der Waals surface area contributed by atoms with Crippen molar-refractivity contribution >= 4 is 19.8 Å². The molecule has 0 rings (SSSR count). The Hall–Kier alpha value is -1.47. The number of esters is 2. The smallest absolute Gasteiger partial charge is 0.462 e. The van der Waals surface area contributed by atoms with Gasteiger partial charge >= 0.3 is 19.8 Å². The van der Waals surface area contributed by atoms with Crippen molar-refractivity contribution in [1.82, 2.24) is 0 Å². The van der Waals surface area contributed by atoms with Crippen LogP contribution in [-0.4, -0.2) is 43.3 Å². The number of phosphoric ester groups is 1. The molecule has 1 N–H and O–H groups in total. The van der Waals surface area contributed by atoms with Crippen LogP contribution in [0.1, 0.15) is 264 Å². The summed E-state index contributed by atoms with van der Waals surface area (Å²) in [5.74, 6) is -0.794. The van der Waals surface area contributed by atoms with Gasteiger partial charge in [-0.3, -0.25) is 18.6 Å². The first-order chi connectivity index (χ1) is 29.3. The molecule has 8 nitrogen and oxygen atoms in total. The van der Waals surface area contributed by atoms with E-state index < -0.39 is 26.5 Å². The van der Waals surface area contributed by atoms with Crippen LogP contribution in [0, 0.1) is 0 Å². The van der Waals surface area contributed by atoms with Gasteiger partial charge in [-0.05, 0) is 44.9 Å². The summed E-state index contributed by atoms with van der Waals surface area (Å²) in [4.78, 5) is 34.6. The van der Waals surface area contributed by atoms with Crippen molar-refractivity contribution in [2.45, 2.75) is 270 Å². The van der Waals surface area contributed by atoms with Gasteiger partial charge in [0.2, 0.25) is 0 Å². The molecule has 0 saturated heterocycles. The number of hydrogen-bond acceptors (Lipinski definition) is 7. The second-order valence-corrected chi connectivity index (χ2v) is 18.9. The van der Waals surface area contributed by atoms with E-state index in [1.165, 1.54) is 186 Å². The molecule has 0 amide bonds. The lowest BCUT2D eigenvalue weighted by molar-refractivity contribution is -0.161. The summed E-state index contributed by atoms with van der Waals surface area (Å²) in [7, 11) is -3.20. The van der Waals surface area contributed by atoms with E-state index in [2.05, 4.69) is 42.7 Å². The van der Waals surface area contributed by atoms with Crippen LogP contribution in [0.2, 0.25) is 0 Å². The predicted octanol–water partition coefficient (Wildman–Crippen LogP) is 16.6. The number of allylic oxidation sites excluding steroid dienone is 4. The van der Waals surface area contributed by atoms with Crippen LogP contribution in [0.25, 0.3) is 0 Å². The number of phosphoric acid groups is 1. The van der Waals surface area contributed by atoms with Gasteiger partial charge in [-0.15, -0.1) is 0 Å². The SMILES string of the molecule is CCCCC/C=C\C/C=C\CCCCCCCCCCCC(=O)OC(COC(=O)CCCCCCCCCCCCCCCCCCCCCCCC)COP(=O)(O)OC. The fourth-order valence-electron chi connectivity index (χ4n) is 7.52. The third-order valence-corrected chi connectivity index (χ3v) is 12.4. The monoisotopic (exact) mass is 869 g/mol. The average Bonchev–Trinajstić information content (AvgIpc) is 3.24. The van der Waals surface area contributed by atoms with Crippen molar-refractivity contribution in [2.75, 3.05) is 20.3 Å². The largest absolute Gasteiger partial charge is 0.472 e. The van der Waals surface area contributed by atoms with E-state index in [1.54, 1.807) is 0 Å². The van der Waals surface area contributed by atoms with E-state index in [4.69, 9.17) is 14.0 Å². The molecule has 0 aromatic carbocycles. The number of hydrogen-bond donors (Lipinski definition) is 1. The van der Waals surface area contributed by atoms with Crippen molar-refractivity contribution in [1.29, 1.82) is 0 Å². The van der Waals surface area contributed by atoms with E-state index >= 15 is 0 Å². The Bertz CT molecular complexity index is 1030. The quantitative estimate of drug-likeness (QED) is 0.0279. The molecule has 2 atom stereocenters. The van der Waals surface area contributed by atoms with E-state index in [0.29, 0.717) is 12.8 Å². The molecule has 0 heterocycles. The fraction of sp³-hybridized carbons (Fsp3) is 0.882. The van der Waals surface area contributed by atoms with Gasteiger partial charge in [0.25, 0.3) is 0 Å². The van der Waals surface area contributed by atoms with Crippen molar-refractivity contribution in [3.05, 3.63) is 24.3 Å². The van der Waals surface area contributed by atoms with E-state index in [-0.39, 0.29) is 19.0 Å². The minimum Gasteiger partial charge on any atom is -0.462 e. The molecule has 0 aromatic rings. The van der Waals surface area contributed by atoms with Gasteiger partial charge in [0, 0.05) is 20.0 Å². The van der Waals surface area contributed by atoms with Crippen LogP contribution in [0.5, 0.6) is 0 Å². The Kier molecular flexibility index (Phi) is 45.9. The second-order valence-electron chi connectivity index (χ2n) is 17.3. The lowest BCUT2D eigenvalue weighted by Gasteiger charge is -2.19. The zero-order valence-corrected chi connectivity index (χ0v) is 40.5. The third-order valence-electron chi connectivity index (χ3n) is 11.4. The maximum atomic E-state index is 12.6. The summed E-state index contributed by atoms with van der Waals surface area (Å²) >= 11 is 0. The molecule has 2 unspecified atom stereocenters. The molecule has 9 heteroatoms. The summed E-state index contributed by atoms with van der Waals surface area (Å²) in [6.07, 6.45) is 55.3. The molecule has 0 aliphatic rings. The molecule has 0 radical (unpaired) electrons. The standard InChI is InChI=1S/C51H97O8P/c1-4-6-8-10-12-14-16-18-20-22-24-25-26-28-29-31-33-35-37-39-41-43-45-50(52)57-47-49(48-58-60(54,55)56-3)59-51(53)46-44-42-40-38-36-34-32-30-27-23-21-19-17-15-13-11-9-7-5-2/h13,15,19,21,49H,4-12,14,16-18,20,22-48H2,1-3H3,(H,54,55)/b15-13-,21-19-. The predicted molar refractivity (Wildman–Crippen MR) is 253 cm³/mol. The van der Waals surface area contributed by atoms with Crippen LogP contribution in [0.15, 0.2) is 24.3 Å². The number of carbonyl (C=O) groups is 2. The zero-order valence-electron chi connectivity index (χ0n) is 39.6. The lowest BCUT2D eigenvalue weighted by Crippen LogP contribution is -2.29. The molecule has 0 aliphatic heterocycles. The molecule has 0 aromatic heterocycles. The van der Waals surface area contributed by atoms with Gasteiger partial charge in [-0.2, -0.15) is 0 Å². The summed E-state index contributed by atoms with van der Waals surface area (Å²) in [5.41, 5.74) is 0. The Balaban J connectivity index is 3.86. The average molecular weight is 869 g/mol. The topological polar surface area (TPSA) is 108 Å². The van der Waals surface area contributed by atoms with Crippen molar-refractivity contribution in [3.8, 4) is 0 Å². The minimum atomic E-state index is -4.26. The van der Waals surface area contributed by atoms with Crippen molar-refractivity contribution in [2.24, 2.45) is 0 Å². The zero-order chi connectivity index (χ0) is 43.9. The number of unbranched alkanes of at least 4 members (excludes halogenated alkanes) is 33. The van der Waals surface area contributed by atoms with E-state index in [9.17, 15) is 19.0 Å². The van der Waals surface area contributed by atoms with E-state index in [1.807, 2.05) is 0 Å². The maximum absolute atomic E-state index is 12.6. The summed E-state index contributed by atoms with van der Waals surface area (Å²) in [5, 5.41) is 0. The molecule has 0 fully saturated rings. The lowest BCUT2D eigenvalue weighted by atomic mass is 10.0. The van der Waals surface area contributed by atoms with Gasteiger partial charge in [0.05, 0.1) is 6.61 Å². The molecule has 0 saturated carbocycles. The molecule has 60 heavy (non-hydrogen) atoms. The minimum absolute atomic E-state index is 0.222. The fourth-order valence-corrected chi connectivity index (χ4v) is 7.98. The molecule has 0 aliphatic carbocycles. The van der Waals surface area contributed by atoms with Gasteiger partial charge in [0.1, 0.15) is 6.61 Å². The first kappa shape index (κ1) is 58.5. The summed E-state index contributed by atoms with van der Waals surface area (Å²) in [6, 6.07) is 0. The van der Waals surface area contributed by atoms with Gasteiger partial charge < -0.3 is 14.4 Å². The van der Waals surface area contributed by atoms with Crippen LogP contribution in [-0.2, 0) is 32.7 Å². The van der Waals surface area contributed by atoms with Crippen LogP contribution >= 0.6 is 7.82 Å². The highest BCUT2D eigenvalue weighted by atomic mass is 31.2. The van der Waals surface area contributed by atoms with Crippen LogP contribution in [0.4, 0.5) is 0 Å². The van der Waals surface area contributed by atoms with Gasteiger partial charge in [0.15, 0.2) is 6.10 Å². The summed E-state index contributed by atoms with van der Waals surface area (Å²) in [6.45, 7) is 3.91. The summed E-state index contributed by atoms with van der Waals surface area (Å²) < 4.78 is 32.1. The van der Waals surface area contributed by atoms with Crippen molar-refractivity contribution in [3.63, 3.8) is 0 Å². The van der Waals surface area contributed by atoms with Gasteiger partial charge in [-0.1, -0.05) is 231 Å². The molecular formula is C51H97O8P. The van der Waals surface area contributed by atoms with Gasteiger partial charge in [-0.25, -0.2) is 4.57 Å². The molecule has 0 spiro atoms. The highest BCUT2D eigenvalue weighted by molar-refractivity contribution is 7.47.